The number of hydrogen-bond donors (Lipinski definition) is 2. The average molecular weight is 399 g/mol. The molecule has 0 aliphatic carbocycles. The summed E-state index contributed by atoms with van der Waals surface area (Å²) in [5, 5.41) is 6.93. The minimum absolute atomic E-state index is 0.000989. The Morgan fingerprint density at radius 3 is 2.75 bits per heavy atom. The van der Waals surface area contributed by atoms with E-state index in [4.69, 9.17) is 0 Å². The molecule has 0 saturated carbocycles. The Morgan fingerprint density at radius 1 is 1.29 bits per heavy atom. The number of thiazole rings is 1. The predicted molar refractivity (Wildman–Crippen MR) is 112 cm³/mol. The van der Waals surface area contributed by atoms with Crippen molar-refractivity contribution in [2.24, 2.45) is 5.92 Å². The van der Waals surface area contributed by atoms with Crippen molar-refractivity contribution in [3.05, 3.63) is 40.9 Å². The lowest BCUT2D eigenvalue weighted by Crippen LogP contribution is -2.28. The Balaban J connectivity index is 1.37. The summed E-state index contributed by atoms with van der Waals surface area (Å²) >= 11 is 1.56. The van der Waals surface area contributed by atoms with Gasteiger partial charge < -0.3 is 15.5 Å². The number of anilines is 2. The molecule has 2 aliphatic heterocycles. The van der Waals surface area contributed by atoms with Gasteiger partial charge in [-0.2, -0.15) is 0 Å². The van der Waals surface area contributed by atoms with Crippen molar-refractivity contribution >= 4 is 34.0 Å². The van der Waals surface area contributed by atoms with Crippen molar-refractivity contribution in [1.82, 2.24) is 10.3 Å². The highest BCUT2D eigenvalue weighted by Crippen LogP contribution is 2.32. The summed E-state index contributed by atoms with van der Waals surface area (Å²) in [6.45, 7) is 4.58. The van der Waals surface area contributed by atoms with Gasteiger partial charge in [0.15, 0.2) is 5.13 Å². The standard InChI is InChI=1S/C21H26N4O2S/c1-2-14-3-5-17(6-4-14)25-13-16(11-19(25)26)20(27)24-21-23-12-18(28-21)15-7-9-22-10-8-15/h3-6,12,15-16,22H,2,7-11,13H2,1H3,(H,23,24,27). The van der Waals surface area contributed by atoms with Crippen molar-refractivity contribution in [2.45, 2.75) is 38.5 Å². The maximum atomic E-state index is 12.7. The van der Waals surface area contributed by atoms with Gasteiger partial charge in [-0.15, -0.1) is 11.3 Å². The fourth-order valence-corrected chi connectivity index (χ4v) is 4.88. The summed E-state index contributed by atoms with van der Waals surface area (Å²) in [4.78, 5) is 32.5. The summed E-state index contributed by atoms with van der Waals surface area (Å²) in [6.07, 6.45) is 5.31. The Kier molecular flexibility index (Phi) is 5.73. The number of benzene rings is 1. The Morgan fingerprint density at radius 2 is 2.04 bits per heavy atom. The summed E-state index contributed by atoms with van der Waals surface area (Å²) in [5.74, 6) is 0.0646. The van der Waals surface area contributed by atoms with E-state index in [-0.39, 0.29) is 24.2 Å². The summed E-state index contributed by atoms with van der Waals surface area (Å²) in [5.41, 5.74) is 2.10. The highest BCUT2D eigenvalue weighted by atomic mass is 32.1. The number of carbonyl (C=O) groups excluding carboxylic acids is 2. The second-order valence-electron chi connectivity index (χ2n) is 7.51. The summed E-state index contributed by atoms with van der Waals surface area (Å²) in [6, 6.07) is 7.99. The topological polar surface area (TPSA) is 74.3 Å². The second kappa shape index (κ2) is 8.41. The first-order chi connectivity index (χ1) is 13.6. The number of aryl methyl sites for hydroxylation is 1. The van der Waals surface area contributed by atoms with Gasteiger partial charge in [-0.3, -0.25) is 9.59 Å². The molecule has 1 aromatic heterocycles. The van der Waals surface area contributed by atoms with Gasteiger partial charge in [-0.1, -0.05) is 19.1 Å². The van der Waals surface area contributed by atoms with Crippen LogP contribution in [-0.2, 0) is 16.0 Å². The van der Waals surface area contributed by atoms with Gasteiger partial charge in [-0.05, 0) is 56.0 Å². The van der Waals surface area contributed by atoms with Crippen LogP contribution in [0.2, 0.25) is 0 Å². The number of aromatic nitrogens is 1. The van der Waals surface area contributed by atoms with Gasteiger partial charge in [-0.25, -0.2) is 4.98 Å². The van der Waals surface area contributed by atoms with Crippen LogP contribution in [0, 0.1) is 5.92 Å². The first-order valence-corrected chi connectivity index (χ1v) is 10.8. The molecular formula is C21H26N4O2S. The molecule has 6 nitrogen and oxygen atoms in total. The van der Waals surface area contributed by atoms with Crippen LogP contribution in [0.1, 0.15) is 42.5 Å². The van der Waals surface area contributed by atoms with Crippen LogP contribution in [0.3, 0.4) is 0 Å². The SMILES string of the molecule is CCc1ccc(N2CC(C(=O)Nc3ncc(C4CCNCC4)s3)CC2=O)cc1. The zero-order chi connectivity index (χ0) is 19.5. The van der Waals surface area contributed by atoms with Gasteiger partial charge in [0.1, 0.15) is 0 Å². The van der Waals surface area contributed by atoms with E-state index in [1.54, 1.807) is 16.2 Å². The maximum absolute atomic E-state index is 12.7. The number of nitrogens with one attached hydrogen (secondary N) is 2. The zero-order valence-electron chi connectivity index (χ0n) is 16.1. The van der Waals surface area contributed by atoms with Crippen molar-refractivity contribution in [2.75, 3.05) is 29.9 Å². The largest absolute Gasteiger partial charge is 0.317 e. The molecule has 1 aromatic carbocycles. The number of piperidine rings is 1. The van der Waals surface area contributed by atoms with Gasteiger partial charge in [0.05, 0.1) is 5.92 Å². The molecule has 1 atom stereocenters. The van der Waals surface area contributed by atoms with Crippen molar-refractivity contribution in [1.29, 1.82) is 0 Å². The third-order valence-electron chi connectivity index (χ3n) is 5.65. The minimum Gasteiger partial charge on any atom is -0.317 e. The average Bonchev–Trinajstić information content (AvgIpc) is 3.35. The van der Waals surface area contributed by atoms with E-state index in [1.165, 1.54) is 10.4 Å². The fraction of sp³-hybridized carbons (Fsp3) is 0.476. The zero-order valence-corrected chi connectivity index (χ0v) is 16.9. The fourth-order valence-electron chi connectivity index (χ4n) is 3.89. The molecule has 3 heterocycles. The normalized spacial score (nSPS) is 20.5. The molecule has 2 fully saturated rings. The van der Waals surface area contributed by atoms with Crippen LogP contribution in [0.4, 0.5) is 10.8 Å². The lowest BCUT2D eigenvalue weighted by atomic mass is 9.97. The van der Waals surface area contributed by atoms with Crippen LogP contribution in [0.15, 0.2) is 30.5 Å². The molecule has 0 spiro atoms. The van der Waals surface area contributed by atoms with Crippen LogP contribution >= 0.6 is 11.3 Å². The predicted octanol–water partition coefficient (Wildman–Crippen LogP) is 3.16. The molecule has 2 amide bonds. The molecule has 2 aromatic rings. The van der Waals surface area contributed by atoms with E-state index in [1.807, 2.05) is 30.5 Å². The molecule has 2 saturated heterocycles. The molecule has 2 N–H and O–H groups in total. The van der Waals surface area contributed by atoms with E-state index in [0.29, 0.717) is 17.6 Å². The molecule has 0 bridgehead atoms. The first kappa shape index (κ1) is 19.1. The van der Waals surface area contributed by atoms with Crippen LogP contribution in [-0.4, -0.2) is 36.4 Å². The van der Waals surface area contributed by atoms with Gasteiger partial charge in [0, 0.05) is 29.7 Å². The summed E-state index contributed by atoms with van der Waals surface area (Å²) in [7, 11) is 0. The van der Waals surface area contributed by atoms with Gasteiger partial charge in [0.2, 0.25) is 11.8 Å². The van der Waals surface area contributed by atoms with Crippen molar-refractivity contribution in [3.8, 4) is 0 Å². The van der Waals surface area contributed by atoms with E-state index in [9.17, 15) is 9.59 Å². The Bertz CT molecular complexity index is 842. The quantitative estimate of drug-likeness (QED) is 0.811. The number of carbonyl (C=O) groups is 2. The molecule has 4 rings (SSSR count). The van der Waals surface area contributed by atoms with E-state index in [2.05, 4.69) is 22.5 Å². The maximum Gasteiger partial charge on any atom is 0.231 e. The van der Waals surface area contributed by atoms with Crippen LogP contribution in [0.25, 0.3) is 0 Å². The van der Waals surface area contributed by atoms with Gasteiger partial charge >= 0.3 is 0 Å². The third-order valence-corrected chi connectivity index (χ3v) is 6.72. The molecule has 7 heteroatoms. The number of rotatable bonds is 5. The van der Waals surface area contributed by atoms with Crippen LogP contribution in [0.5, 0.6) is 0 Å². The first-order valence-electron chi connectivity index (χ1n) is 10.0. The third kappa shape index (κ3) is 4.10. The highest BCUT2D eigenvalue weighted by Gasteiger charge is 2.35. The van der Waals surface area contributed by atoms with E-state index >= 15 is 0 Å². The second-order valence-corrected chi connectivity index (χ2v) is 8.57. The molecule has 28 heavy (non-hydrogen) atoms. The van der Waals surface area contributed by atoms with Crippen molar-refractivity contribution in [3.63, 3.8) is 0 Å². The number of nitrogens with zero attached hydrogens (tertiary/aromatic N) is 2. The minimum atomic E-state index is -0.343. The molecule has 2 aliphatic rings. The van der Waals surface area contributed by atoms with E-state index in [0.717, 1.165) is 38.0 Å². The lowest BCUT2D eigenvalue weighted by Gasteiger charge is -2.20. The Labute approximate surface area is 169 Å². The summed E-state index contributed by atoms with van der Waals surface area (Å²) < 4.78 is 0. The molecular weight excluding hydrogens is 372 g/mol. The molecule has 148 valence electrons. The smallest absolute Gasteiger partial charge is 0.231 e. The van der Waals surface area contributed by atoms with E-state index < -0.39 is 0 Å². The molecule has 0 radical (unpaired) electrons. The van der Waals surface area contributed by atoms with Crippen LogP contribution < -0.4 is 15.5 Å². The van der Waals surface area contributed by atoms with Crippen molar-refractivity contribution < 1.29 is 9.59 Å². The molecule has 1 unspecified atom stereocenters. The lowest BCUT2D eigenvalue weighted by molar-refractivity contribution is -0.122. The Hall–Kier alpha value is -2.25. The highest BCUT2D eigenvalue weighted by molar-refractivity contribution is 7.15. The monoisotopic (exact) mass is 398 g/mol. The van der Waals surface area contributed by atoms with Gasteiger partial charge in [0.25, 0.3) is 0 Å². The number of hydrogen-bond acceptors (Lipinski definition) is 5. The number of amides is 2.